The first-order valence-electron chi connectivity index (χ1n) is 6.59. The van der Waals surface area contributed by atoms with E-state index >= 15 is 0 Å². The lowest BCUT2D eigenvalue weighted by Gasteiger charge is -2.22. The van der Waals surface area contributed by atoms with Gasteiger partial charge in [0.2, 0.25) is 0 Å². The van der Waals surface area contributed by atoms with Crippen LogP contribution in [0.1, 0.15) is 6.92 Å². The Bertz CT molecular complexity index is 546. The Balaban J connectivity index is 2.19. The second-order valence-electron chi connectivity index (χ2n) is 4.52. The molecule has 2 N–H and O–H groups in total. The number of nitrogens with one attached hydrogen (secondary N) is 1. The summed E-state index contributed by atoms with van der Waals surface area (Å²) in [5, 5.41) is 11.8. The maximum absolute atomic E-state index is 12.9. The molecule has 2 aromatic carbocycles. The van der Waals surface area contributed by atoms with Gasteiger partial charge in [0.25, 0.3) is 0 Å². The summed E-state index contributed by atoms with van der Waals surface area (Å²) in [6.07, 6.45) is 0. The van der Waals surface area contributed by atoms with E-state index in [4.69, 9.17) is 14.2 Å². The fraction of sp³-hybridized carbons (Fsp3) is 0.200. The van der Waals surface area contributed by atoms with Crippen molar-refractivity contribution in [2.24, 2.45) is 0 Å². The summed E-state index contributed by atoms with van der Waals surface area (Å²) in [4.78, 5) is 0. The molecule has 0 radical (unpaired) electrons. The molecule has 0 aliphatic rings. The van der Waals surface area contributed by atoms with Gasteiger partial charge < -0.3 is 14.2 Å². The normalized spacial score (nSPS) is 12.7. The first-order valence-corrected chi connectivity index (χ1v) is 8.13. The molecule has 6 heteroatoms. The van der Waals surface area contributed by atoms with Gasteiger partial charge >= 0.3 is 7.75 Å². The molecule has 5 nitrogen and oxygen atoms in total. The zero-order valence-electron chi connectivity index (χ0n) is 11.7. The summed E-state index contributed by atoms with van der Waals surface area (Å²) >= 11 is 0. The van der Waals surface area contributed by atoms with Crippen molar-refractivity contribution in [1.82, 2.24) is 5.09 Å². The van der Waals surface area contributed by atoms with Crippen LogP contribution in [-0.2, 0) is 4.57 Å². The number of para-hydroxylation sites is 2. The number of aliphatic hydroxyl groups excluding tert-OH is 1. The highest BCUT2D eigenvalue weighted by Crippen LogP contribution is 2.45. The van der Waals surface area contributed by atoms with E-state index in [9.17, 15) is 4.57 Å². The predicted molar refractivity (Wildman–Crippen MR) is 81.4 cm³/mol. The van der Waals surface area contributed by atoms with Crippen LogP contribution in [0.2, 0.25) is 0 Å². The zero-order chi connectivity index (χ0) is 15.1. The summed E-state index contributed by atoms with van der Waals surface area (Å²) in [6.45, 7) is 1.51. The van der Waals surface area contributed by atoms with Crippen molar-refractivity contribution in [2.45, 2.75) is 13.0 Å². The van der Waals surface area contributed by atoms with Crippen LogP contribution in [0.3, 0.4) is 0 Å². The molecule has 21 heavy (non-hydrogen) atoms. The van der Waals surface area contributed by atoms with Crippen LogP contribution in [-0.4, -0.2) is 17.8 Å². The Hall–Kier alpha value is -1.81. The Labute approximate surface area is 124 Å². The number of rotatable bonds is 7. The van der Waals surface area contributed by atoms with Crippen molar-refractivity contribution >= 4 is 7.75 Å². The molecule has 0 unspecified atom stereocenters. The monoisotopic (exact) mass is 307 g/mol. The van der Waals surface area contributed by atoms with Gasteiger partial charge in [0, 0.05) is 6.04 Å². The molecule has 1 atom stereocenters. The minimum absolute atomic E-state index is 0.180. The molecular formula is C15H18NO4P. The average molecular weight is 307 g/mol. The summed E-state index contributed by atoms with van der Waals surface area (Å²) in [6, 6.07) is 17.1. The van der Waals surface area contributed by atoms with Crippen LogP contribution in [0, 0.1) is 0 Å². The van der Waals surface area contributed by atoms with Crippen LogP contribution in [0.15, 0.2) is 60.7 Å². The van der Waals surface area contributed by atoms with E-state index in [0.29, 0.717) is 11.5 Å². The van der Waals surface area contributed by atoms with E-state index in [1.807, 2.05) is 12.1 Å². The molecular weight excluding hydrogens is 289 g/mol. The molecule has 2 rings (SSSR count). The van der Waals surface area contributed by atoms with Crippen molar-refractivity contribution in [3.05, 3.63) is 60.7 Å². The predicted octanol–water partition coefficient (Wildman–Crippen LogP) is 3.22. The van der Waals surface area contributed by atoms with E-state index in [0.717, 1.165) is 0 Å². The number of benzene rings is 2. The molecule has 112 valence electrons. The van der Waals surface area contributed by atoms with Gasteiger partial charge in [-0.1, -0.05) is 36.4 Å². The molecule has 0 saturated carbocycles. The van der Waals surface area contributed by atoms with E-state index in [-0.39, 0.29) is 6.61 Å². The lowest BCUT2D eigenvalue weighted by molar-refractivity contribution is 0.255. The second kappa shape index (κ2) is 7.27. The van der Waals surface area contributed by atoms with Crippen molar-refractivity contribution in [3.8, 4) is 11.5 Å². The topological polar surface area (TPSA) is 67.8 Å². The van der Waals surface area contributed by atoms with E-state index < -0.39 is 13.8 Å². The molecule has 0 aliphatic carbocycles. The fourth-order valence-electron chi connectivity index (χ4n) is 1.62. The molecule has 0 heterocycles. The highest BCUT2D eigenvalue weighted by Gasteiger charge is 2.30. The number of aliphatic hydroxyl groups is 1. The third kappa shape index (κ3) is 4.90. The number of hydrogen-bond acceptors (Lipinski definition) is 4. The Kier molecular flexibility index (Phi) is 5.39. The Morgan fingerprint density at radius 2 is 1.43 bits per heavy atom. The molecule has 0 spiro atoms. The van der Waals surface area contributed by atoms with Gasteiger partial charge in [-0.2, -0.15) is 5.09 Å². The summed E-state index contributed by atoms with van der Waals surface area (Å²) in [7, 11) is -3.65. The lowest BCUT2D eigenvalue weighted by Crippen LogP contribution is -2.30. The van der Waals surface area contributed by atoms with Gasteiger partial charge in [-0.3, -0.25) is 0 Å². The quantitative estimate of drug-likeness (QED) is 0.769. The smallest absolute Gasteiger partial charge is 0.405 e. The molecule has 0 aliphatic heterocycles. The molecule has 0 saturated heterocycles. The summed E-state index contributed by atoms with van der Waals surface area (Å²) < 4.78 is 23.8. The Morgan fingerprint density at radius 3 is 1.81 bits per heavy atom. The van der Waals surface area contributed by atoms with Gasteiger partial charge in [0.15, 0.2) is 0 Å². The highest BCUT2D eigenvalue weighted by molar-refractivity contribution is 7.52. The minimum Gasteiger partial charge on any atom is -0.405 e. The first-order chi connectivity index (χ1) is 10.1. The third-order valence-corrected chi connectivity index (χ3v) is 4.25. The molecule has 0 aromatic heterocycles. The largest absolute Gasteiger partial charge is 0.513 e. The first kappa shape index (κ1) is 15.6. The van der Waals surface area contributed by atoms with Crippen molar-refractivity contribution in [1.29, 1.82) is 0 Å². The SMILES string of the molecule is C[C@H](CO)NP(=O)(Oc1ccccc1)Oc1ccccc1. The van der Waals surface area contributed by atoms with Gasteiger partial charge in [0.1, 0.15) is 11.5 Å². The van der Waals surface area contributed by atoms with Crippen LogP contribution in [0.5, 0.6) is 11.5 Å². The summed E-state index contributed by atoms with van der Waals surface area (Å²) in [5.74, 6) is 0.851. The third-order valence-electron chi connectivity index (χ3n) is 2.59. The fourth-order valence-corrected chi connectivity index (χ4v) is 3.19. The maximum atomic E-state index is 12.9. The lowest BCUT2D eigenvalue weighted by atomic mass is 10.3. The zero-order valence-corrected chi connectivity index (χ0v) is 12.6. The van der Waals surface area contributed by atoms with Gasteiger partial charge in [-0.25, -0.2) is 4.57 Å². The van der Waals surface area contributed by atoms with Gasteiger partial charge in [-0.15, -0.1) is 0 Å². The maximum Gasteiger partial charge on any atom is 0.513 e. The van der Waals surface area contributed by atoms with E-state index in [1.54, 1.807) is 55.5 Å². The molecule has 0 amide bonds. The second-order valence-corrected chi connectivity index (χ2v) is 6.14. The highest BCUT2D eigenvalue weighted by atomic mass is 31.2. The van der Waals surface area contributed by atoms with Crippen LogP contribution in [0.25, 0.3) is 0 Å². The van der Waals surface area contributed by atoms with E-state index in [2.05, 4.69) is 5.09 Å². The van der Waals surface area contributed by atoms with Gasteiger partial charge in [0.05, 0.1) is 6.61 Å². The standard InChI is InChI=1S/C15H18NO4P/c1-13(12-17)16-21(18,19-14-8-4-2-5-9-14)20-15-10-6-3-7-11-15/h2-11,13,17H,12H2,1H3,(H,16,18)/t13-/m1/s1. The number of hydrogen-bond donors (Lipinski definition) is 2. The van der Waals surface area contributed by atoms with Gasteiger partial charge in [-0.05, 0) is 31.2 Å². The average Bonchev–Trinajstić information content (AvgIpc) is 2.48. The van der Waals surface area contributed by atoms with E-state index in [1.165, 1.54) is 0 Å². The van der Waals surface area contributed by atoms with Crippen molar-refractivity contribution in [2.75, 3.05) is 6.61 Å². The van der Waals surface area contributed by atoms with Crippen molar-refractivity contribution in [3.63, 3.8) is 0 Å². The van der Waals surface area contributed by atoms with Crippen molar-refractivity contribution < 1.29 is 18.7 Å². The molecule has 0 fully saturated rings. The molecule has 0 bridgehead atoms. The van der Waals surface area contributed by atoms with Crippen LogP contribution >= 0.6 is 7.75 Å². The Morgan fingerprint density at radius 1 is 1.00 bits per heavy atom. The van der Waals surface area contributed by atoms with Crippen LogP contribution < -0.4 is 14.1 Å². The summed E-state index contributed by atoms with van der Waals surface area (Å²) in [5.41, 5.74) is 0. The molecule has 2 aromatic rings. The minimum atomic E-state index is -3.65. The van der Waals surface area contributed by atoms with Crippen LogP contribution in [0.4, 0.5) is 0 Å².